The van der Waals surface area contributed by atoms with Gasteiger partial charge in [-0.2, -0.15) is 0 Å². The highest BCUT2D eigenvalue weighted by molar-refractivity contribution is 5.81. The van der Waals surface area contributed by atoms with Crippen LogP contribution in [0.15, 0.2) is 0 Å². The number of likely N-dealkylation sites (tertiary alicyclic amines) is 1. The van der Waals surface area contributed by atoms with Crippen LogP contribution in [-0.4, -0.2) is 60.3 Å². The van der Waals surface area contributed by atoms with Crippen molar-refractivity contribution in [3.8, 4) is 0 Å². The lowest BCUT2D eigenvalue weighted by atomic mass is 9.92. The van der Waals surface area contributed by atoms with Crippen molar-refractivity contribution in [1.82, 2.24) is 10.2 Å². The van der Waals surface area contributed by atoms with Gasteiger partial charge in [-0.15, -0.1) is 0 Å². The van der Waals surface area contributed by atoms with Gasteiger partial charge in [-0.05, 0) is 6.92 Å². The minimum atomic E-state index is -0.978. The summed E-state index contributed by atoms with van der Waals surface area (Å²) in [4.78, 5) is 23.8. The predicted molar refractivity (Wildman–Crippen MR) is 54.9 cm³/mol. The van der Waals surface area contributed by atoms with Crippen LogP contribution in [0.2, 0.25) is 0 Å². The Bertz CT molecular complexity index is 308. The van der Waals surface area contributed by atoms with Crippen LogP contribution in [0.1, 0.15) is 6.92 Å². The summed E-state index contributed by atoms with van der Waals surface area (Å²) in [5, 5.41) is 11.5. The molecule has 2 fully saturated rings. The quantitative estimate of drug-likeness (QED) is 0.639. The van der Waals surface area contributed by atoms with Crippen LogP contribution < -0.4 is 5.32 Å². The van der Waals surface area contributed by atoms with E-state index < -0.39 is 11.6 Å². The van der Waals surface area contributed by atoms with Crippen molar-refractivity contribution < 1.29 is 19.4 Å². The Labute approximate surface area is 93.6 Å². The maximum Gasteiger partial charge on any atom is 0.329 e. The summed E-state index contributed by atoms with van der Waals surface area (Å²) in [5.41, 5.74) is -0.481. The third-order valence-corrected chi connectivity index (χ3v) is 3.04. The van der Waals surface area contributed by atoms with E-state index in [1.807, 2.05) is 6.92 Å². The fraction of sp³-hybridized carbons (Fsp3) is 0.800. The zero-order valence-electron chi connectivity index (χ0n) is 9.23. The number of nitrogens with zero attached hydrogens (tertiary/aromatic N) is 1. The molecule has 0 aromatic carbocycles. The number of hydrogen-bond donors (Lipinski definition) is 2. The second-order valence-corrected chi connectivity index (χ2v) is 4.68. The van der Waals surface area contributed by atoms with Crippen LogP contribution in [0.3, 0.4) is 0 Å². The number of carboxylic acid groups (broad SMARTS) is 1. The van der Waals surface area contributed by atoms with E-state index in [4.69, 9.17) is 9.84 Å². The lowest BCUT2D eigenvalue weighted by Crippen LogP contribution is -2.66. The number of carbonyl (C=O) groups excluding carboxylic acids is 1. The van der Waals surface area contributed by atoms with Gasteiger partial charge in [-0.25, -0.2) is 4.79 Å². The highest BCUT2D eigenvalue weighted by atomic mass is 16.5. The number of rotatable bonds is 4. The fourth-order valence-corrected chi connectivity index (χ4v) is 1.97. The standard InChI is InChI=1S/C10H16N2O4/c1-10(16-4-8(13)14)5-12(6-10)9(15)7-2-11-3-7/h7,11H,2-6H2,1H3,(H,13,14). The molecule has 0 atom stereocenters. The predicted octanol–water partition coefficient (Wildman–Crippen LogP) is -1.09. The Hall–Kier alpha value is -1.14. The van der Waals surface area contributed by atoms with Crippen molar-refractivity contribution in [2.75, 3.05) is 32.8 Å². The zero-order chi connectivity index (χ0) is 11.8. The highest BCUT2D eigenvalue weighted by Crippen LogP contribution is 2.26. The Morgan fingerprint density at radius 2 is 2.12 bits per heavy atom. The normalized spacial score (nSPS) is 23.4. The lowest BCUT2D eigenvalue weighted by molar-refractivity contribution is -0.176. The van der Waals surface area contributed by atoms with Gasteiger partial charge in [0.05, 0.1) is 19.0 Å². The molecular formula is C10H16N2O4. The smallest absolute Gasteiger partial charge is 0.329 e. The van der Waals surface area contributed by atoms with Crippen LogP contribution in [0.4, 0.5) is 0 Å². The van der Waals surface area contributed by atoms with E-state index in [1.54, 1.807) is 4.90 Å². The van der Waals surface area contributed by atoms with E-state index in [2.05, 4.69) is 5.32 Å². The SMILES string of the molecule is CC1(OCC(=O)O)CN(C(=O)C2CNC2)C1. The van der Waals surface area contributed by atoms with Gasteiger partial charge in [0.25, 0.3) is 0 Å². The van der Waals surface area contributed by atoms with Crippen LogP contribution in [0, 0.1) is 5.92 Å². The van der Waals surface area contributed by atoms with Crippen LogP contribution >= 0.6 is 0 Å². The molecule has 0 radical (unpaired) electrons. The molecule has 2 N–H and O–H groups in total. The largest absolute Gasteiger partial charge is 0.480 e. The van der Waals surface area contributed by atoms with E-state index >= 15 is 0 Å². The first-order valence-corrected chi connectivity index (χ1v) is 5.35. The van der Waals surface area contributed by atoms with Gasteiger partial charge in [-0.1, -0.05) is 0 Å². The molecule has 6 heteroatoms. The van der Waals surface area contributed by atoms with Crippen LogP contribution in [0.5, 0.6) is 0 Å². The van der Waals surface area contributed by atoms with E-state index in [1.165, 1.54) is 0 Å². The average Bonchev–Trinajstić information content (AvgIpc) is 2.07. The summed E-state index contributed by atoms with van der Waals surface area (Å²) < 4.78 is 5.23. The van der Waals surface area contributed by atoms with Gasteiger partial charge in [0, 0.05) is 13.1 Å². The Kier molecular flexibility index (Phi) is 2.86. The maximum absolute atomic E-state index is 11.7. The highest BCUT2D eigenvalue weighted by Gasteiger charge is 2.45. The van der Waals surface area contributed by atoms with Crippen molar-refractivity contribution in [3.63, 3.8) is 0 Å². The Morgan fingerprint density at radius 3 is 2.56 bits per heavy atom. The summed E-state index contributed by atoms with van der Waals surface area (Å²) in [6.07, 6.45) is 0. The molecule has 2 saturated heterocycles. The second-order valence-electron chi connectivity index (χ2n) is 4.68. The third kappa shape index (κ3) is 2.17. The summed E-state index contributed by atoms with van der Waals surface area (Å²) >= 11 is 0. The lowest BCUT2D eigenvalue weighted by Gasteiger charge is -2.49. The minimum absolute atomic E-state index is 0.101. The average molecular weight is 228 g/mol. The first-order chi connectivity index (χ1) is 7.50. The molecule has 6 nitrogen and oxygen atoms in total. The van der Waals surface area contributed by atoms with Gasteiger partial charge in [0.15, 0.2) is 0 Å². The van der Waals surface area contributed by atoms with Crippen molar-refractivity contribution in [3.05, 3.63) is 0 Å². The molecule has 1 amide bonds. The molecule has 2 aliphatic heterocycles. The molecule has 0 spiro atoms. The summed E-state index contributed by atoms with van der Waals surface area (Å²) in [6.45, 7) is 4.03. The molecule has 2 heterocycles. The Morgan fingerprint density at radius 1 is 1.50 bits per heavy atom. The zero-order valence-corrected chi connectivity index (χ0v) is 9.23. The summed E-state index contributed by atoms with van der Waals surface area (Å²) in [6, 6.07) is 0. The van der Waals surface area contributed by atoms with Gasteiger partial charge in [-0.3, -0.25) is 4.79 Å². The molecule has 0 unspecified atom stereocenters. The topological polar surface area (TPSA) is 78.9 Å². The molecule has 16 heavy (non-hydrogen) atoms. The van der Waals surface area contributed by atoms with Crippen LogP contribution in [0.25, 0.3) is 0 Å². The number of ether oxygens (including phenoxy) is 1. The van der Waals surface area contributed by atoms with Gasteiger partial charge in [0.1, 0.15) is 12.2 Å². The van der Waals surface area contributed by atoms with E-state index in [-0.39, 0.29) is 18.4 Å². The molecule has 0 aliphatic carbocycles. The number of aliphatic carboxylic acids is 1. The molecule has 0 aromatic heterocycles. The number of nitrogens with one attached hydrogen (secondary N) is 1. The molecule has 0 saturated carbocycles. The van der Waals surface area contributed by atoms with Gasteiger partial charge < -0.3 is 20.1 Å². The number of amides is 1. The van der Waals surface area contributed by atoms with E-state index in [0.29, 0.717) is 13.1 Å². The molecular weight excluding hydrogens is 212 g/mol. The summed E-state index contributed by atoms with van der Waals surface area (Å²) in [5.74, 6) is -0.728. The van der Waals surface area contributed by atoms with Gasteiger partial charge >= 0.3 is 5.97 Å². The number of carboxylic acids is 1. The van der Waals surface area contributed by atoms with Crippen molar-refractivity contribution >= 4 is 11.9 Å². The second kappa shape index (κ2) is 4.03. The fourth-order valence-electron chi connectivity index (χ4n) is 1.97. The number of carbonyl (C=O) groups is 2. The third-order valence-electron chi connectivity index (χ3n) is 3.04. The molecule has 0 aromatic rings. The van der Waals surface area contributed by atoms with E-state index in [9.17, 15) is 9.59 Å². The first kappa shape index (κ1) is 11.3. The van der Waals surface area contributed by atoms with Crippen molar-refractivity contribution in [2.45, 2.75) is 12.5 Å². The molecule has 0 bridgehead atoms. The monoisotopic (exact) mass is 228 g/mol. The van der Waals surface area contributed by atoms with Gasteiger partial charge in [0.2, 0.25) is 5.91 Å². The molecule has 90 valence electrons. The Balaban J connectivity index is 1.75. The van der Waals surface area contributed by atoms with Crippen LogP contribution in [-0.2, 0) is 14.3 Å². The molecule has 2 rings (SSSR count). The van der Waals surface area contributed by atoms with Crippen molar-refractivity contribution in [2.24, 2.45) is 5.92 Å². The molecule has 2 aliphatic rings. The maximum atomic E-state index is 11.7. The first-order valence-electron chi connectivity index (χ1n) is 5.35. The number of hydrogen-bond acceptors (Lipinski definition) is 4. The summed E-state index contributed by atoms with van der Waals surface area (Å²) in [7, 11) is 0. The van der Waals surface area contributed by atoms with E-state index in [0.717, 1.165) is 13.1 Å². The van der Waals surface area contributed by atoms with Crippen molar-refractivity contribution in [1.29, 1.82) is 0 Å². The minimum Gasteiger partial charge on any atom is -0.480 e.